The topological polar surface area (TPSA) is 78.5 Å². The van der Waals surface area contributed by atoms with E-state index in [-0.39, 0.29) is 17.0 Å². The van der Waals surface area contributed by atoms with Crippen LogP contribution in [-0.2, 0) is 9.59 Å². The zero-order chi connectivity index (χ0) is 22.0. The molecule has 3 amide bonds. The highest BCUT2D eigenvalue weighted by Gasteiger charge is 2.39. The number of anilines is 3. The molecule has 0 aromatic heterocycles. The second kappa shape index (κ2) is 8.79. The largest absolute Gasteiger partial charge is 0.326 e. The number of hydrogen-bond acceptors (Lipinski definition) is 3. The standard InChI is InChI=1S/C23H17Cl2N3O3/c24-14-9-11-15(12-10-14)26-21(29)13-20-22(30)27-18-7-3-4-8-19(18)28(20)23(31)16-5-1-2-6-17(16)25/h1-12,20H,13H2,(H,26,29)(H,27,30). The van der Waals surface area contributed by atoms with Gasteiger partial charge in [0.05, 0.1) is 28.4 Å². The Hall–Kier alpha value is -3.35. The van der Waals surface area contributed by atoms with E-state index in [2.05, 4.69) is 10.6 Å². The summed E-state index contributed by atoms with van der Waals surface area (Å²) in [7, 11) is 0. The zero-order valence-corrected chi connectivity index (χ0v) is 17.7. The molecule has 0 saturated carbocycles. The molecule has 0 radical (unpaired) electrons. The van der Waals surface area contributed by atoms with E-state index in [1.54, 1.807) is 72.8 Å². The van der Waals surface area contributed by atoms with Crippen LogP contribution in [0.25, 0.3) is 0 Å². The van der Waals surface area contributed by atoms with Crippen molar-refractivity contribution in [3.63, 3.8) is 0 Å². The molecular weight excluding hydrogens is 437 g/mol. The summed E-state index contributed by atoms with van der Waals surface area (Å²) in [5, 5.41) is 6.31. The lowest BCUT2D eigenvalue weighted by atomic mass is 10.0. The number of nitrogens with zero attached hydrogens (tertiary/aromatic N) is 1. The minimum Gasteiger partial charge on any atom is -0.326 e. The van der Waals surface area contributed by atoms with E-state index in [1.807, 2.05) is 0 Å². The van der Waals surface area contributed by atoms with Gasteiger partial charge < -0.3 is 10.6 Å². The Kier molecular flexibility index (Phi) is 5.93. The van der Waals surface area contributed by atoms with Crippen molar-refractivity contribution in [2.24, 2.45) is 0 Å². The summed E-state index contributed by atoms with van der Waals surface area (Å²) in [6.07, 6.45) is -0.237. The Morgan fingerprint density at radius 3 is 2.35 bits per heavy atom. The van der Waals surface area contributed by atoms with Gasteiger partial charge in [-0.2, -0.15) is 0 Å². The number of carbonyl (C=O) groups excluding carboxylic acids is 3. The molecule has 0 bridgehead atoms. The van der Waals surface area contributed by atoms with Gasteiger partial charge in [-0.3, -0.25) is 19.3 Å². The van der Waals surface area contributed by atoms with Crippen LogP contribution in [0.4, 0.5) is 17.1 Å². The van der Waals surface area contributed by atoms with Crippen LogP contribution < -0.4 is 15.5 Å². The summed E-state index contributed by atoms with van der Waals surface area (Å²) in [5.74, 6) is -1.33. The second-order valence-electron chi connectivity index (χ2n) is 6.94. The van der Waals surface area contributed by atoms with Crippen molar-refractivity contribution in [1.29, 1.82) is 0 Å². The second-order valence-corrected chi connectivity index (χ2v) is 7.78. The SMILES string of the molecule is O=C(CC1C(=O)Nc2ccccc2N1C(=O)c1ccccc1Cl)Nc1ccc(Cl)cc1. The van der Waals surface area contributed by atoms with Crippen molar-refractivity contribution in [2.75, 3.05) is 15.5 Å². The van der Waals surface area contributed by atoms with E-state index >= 15 is 0 Å². The minimum absolute atomic E-state index is 0.237. The van der Waals surface area contributed by atoms with Gasteiger partial charge >= 0.3 is 0 Å². The number of para-hydroxylation sites is 2. The normalized spacial score (nSPS) is 15.1. The molecule has 156 valence electrons. The Morgan fingerprint density at radius 2 is 1.61 bits per heavy atom. The van der Waals surface area contributed by atoms with E-state index in [4.69, 9.17) is 23.2 Å². The molecule has 1 atom stereocenters. The van der Waals surface area contributed by atoms with Crippen LogP contribution in [0.1, 0.15) is 16.8 Å². The average molecular weight is 454 g/mol. The Morgan fingerprint density at radius 1 is 0.935 bits per heavy atom. The van der Waals surface area contributed by atoms with Crippen LogP contribution >= 0.6 is 23.2 Å². The summed E-state index contributed by atoms with van der Waals surface area (Å²) in [6.45, 7) is 0. The maximum atomic E-state index is 13.4. The third kappa shape index (κ3) is 4.40. The van der Waals surface area contributed by atoms with Crippen molar-refractivity contribution >= 4 is 58.0 Å². The van der Waals surface area contributed by atoms with Crippen molar-refractivity contribution < 1.29 is 14.4 Å². The average Bonchev–Trinajstić information content (AvgIpc) is 2.76. The number of rotatable bonds is 4. The molecule has 1 aliphatic rings. The van der Waals surface area contributed by atoms with Gasteiger partial charge in [-0.15, -0.1) is 0 Å². The Labute approximate surface area is 188 Å². The molecule has 1 unspecified atom stereocenters. The van der Waals surface area contributed by atoms with Crippen molar-refractivity contribution in [1.82, 2.24) is 0 Å². The maximum Gasteiger partial charge on any atom is 0.260 e. The summed E-state index contributed by atoms with van der Waals surface area (Å²) >= 11 is 12.1. The van der Waals surface area contributed by atoms with Crippen molar-refractivity contribution in [3.05, 3.63) is 88.4 Å². The monoisotopic (exact) mass is 453 g/mol. The summed E-state index contributed by atoms with van der Waals surface area (Å²) in [5.41, 5.74) is 1.77. The van der Waals surface area contributed by atoms with Crippen LogP contribution in [-0.4, -0.2) is 23.8 Å². The molecule has 0 saturated heterocycles. The van der Waals surface area contributed by atoms with Crippen LogP contribution in [0.3, 0.4) is 0 Å². The van der Waals surface area contributed by atoms with Gasteiger partial charge in [0.2, 0.25) is 11.8 Å². The van der Waals surface area contributed by atoms with Gasteiger partial charge in [0.25, 0.3) is 5.91 Å². The number of benzene rings is 3. The molecule has 6 nitrogen and oxygen atoms in total. The lowest BCUT2D eigenvalue weighted by Crippen LogP contribution is -2.52. The third-order valence-corrected chi connectivity index (χ3v) is 5.45. The van der Waals surface area contributed by atoms with Crippen molar-refractivity contribution in [3.8, 4) is 0 Å². The summed E-state index contributed by atoms with van der Waals surface area (Å²) in [6, 6.07) is 19.1. The van der Waals surface area contributed by atoms with Gasteiger partial charge in [0.15, 0.2) is 0 Å². The zero-order valence-electron chi connectivity index (χ0n) is 16.1. The van der Waals surface area contributed by atoms with Crippen LogP contribution in [0.15, 0.2) is 72.8 Å². The van der Waals surface area contributed by atoms with Gasteiger partial charge in [-0.25, -0.2) is 0 Å². The molecule has 1 heterocycles. The number of fused-ring (bicyclic) bond motifs is 1. The highest BCUT2D eigenvalue weighted by molar-refractivity contribution is 6.35. The first-order valence-corrected chi connectivity index (χ1v) is 10.2. The molecule has 0 spiro atoms. The number of nitrogens with one attached hydrogen (secondary N) is 2. The molecule has 2 N–H and O–H groups in total. The summed E-state index contributed by atoms with van der Waals surface area (Å²) in [4.78, 5) is 40.4. The lowest BCUT2D eigenvalue weighted by molar-refractivity contribution is -0.122. The molecule has 0 aliphatic carbocycles. The smallest absolute Gasteiger partial charge is 0.260 e. The Bertz CT molecular complexity index is 1160. The molecule has 31 heavy (non-hydrogen) atoms. The molecule has 0 fully saturated rings. The predicted molar refractivity (Wildman–Crippen MR) is 122 cm³/mol. The van der Waals surface area contributed by atoms with Gasteiger partial charge in [0, 0.05) is 10.7 Å². The van der Waals surface area contributed by atoms with Gasteiger partial charge in [-0.1, -0.05) is 47.5 Å². The van der Waals surface area contributed by atoms with E-state index in [9.17, 15) is 14.4 Å². The molecule has 4 rings (SSSR count). The molecular formula is C23H17Cl2N3O3. The quantitative estimate of drug-likeness (QED) is 0.583. The van der Waals surface area contributed by atoms with E-state index < -0.39 is 23.8 Å². The first-order chi connectivity index (χ1) is 14.9. The number of hydrogen-bond donors (Lipinski definition) is 2. The fourth-order valence-corrected chi connectivity index (χ4v) is 3.75. The number of halogens is 2. The van der Waals surface area contributed by atoms with Gasteiger partial charge in [-0.05, 0) is 48.5 Å². The highest BCUT2D eigenvalue weighted by atomic mass is 35.5. The fraction of sp³-hybridized carbons (Fsp3) is 0.0870. The highest BCUT2D eigenvalue weighted by Crippen LogP contribution is 2.35. The van der Waals surface area contributed by atoms with E-state index in [0.717, 1.165) is 0 Å². The molecule has 8 heteroatoms. The fourth-order valence-electron chi connectivity index (χ4n) is 3.41. The van der Waals surface area contributed by atoms with E-state index in [0.29, 0.717) is 22.1 Å². The van der Waals surface area contributed by atoms with Crippen molar-refractivity contribution in [2.45, 2.75) is 12.5 Å². The number of amides is 3. The number of carbonyl (C=O) groups is 3. The summed E-state index contributed by atoms with van der Waals surface area (Å²) < 4.78 is 0. The Balaban J connectivity index is 1.66. The maximum absolute atomic E-state index is 13.4. The molecule has 1 aliphatic heterocycles. The first kappa shape index (κ1) is 20.9. The molecule has 3 aromatic rings. The van der Waals surface area contributed by atoms with E-state index in [1.165, 1.54) is 4.90 Å². The van der Waals surface area contributed by atoms with Crippen LogP contribution in [0.5, 0.6) is 0 Å². The predicted octanol–water partition coefficient (Wildman–Crippen LogP) is 4.99. The third-order valence-electron chi connectivity index (χ3n) is 4.87. The first-order valence-electron chi connectivity index (χ1n) is 9.47. The van der Waals surface area contributed by atoms with Crippen LogP contribution in [0, 0.1) is 0 Å². The lowest BCUT2D eigenvalue weighted by Gasteiger charge is -2.36. The minimum atomic E-state index is -1.05. The van der Waals surface area contributed by atoms with Crippen LogP contribution in [0.2, 0.25) is 10.0 Å². The van der Waals surface area contributed by atoms with Gasteiger partial charge in [0.1, 0.15) is 6.04 Å². The molecule has 3 aromatic carbocycles.